The Bertz CT molecular complexity index is 293. The van der Waals surface area contributed by atoms with Gasteiger partial charge in [0.05, 0.1) is 0 Å². The lowest BCUT2D eigenvalue weighted by atomic mass is 10.3. The summed E-state index contributed by atoms with van der Waals surface area (Å²) in [5.41, 5.74) is 0. The Morgan fingerprint density at radius 2 is 1.40 bits per heavy atom. The largest absolute Gasteiger partial charge is 0.467 e. The van der Waals surface area contributed by atoms with Gasteiger partial charge >= 0.3 is 8.56 Å². The van der Waals surface area contributed by atoms with Crippen LogP contribution in [0.4, 0.5) is 0 Å². The van der Waals surface area contributed by atoms with Crippen molar-refractivity contribution in [2.45, 2.75) is 32.2 Å². The SMILES string of the molecule is CCCCC[Si](N=C=O)(N=C=O)N=C=O. The quantitative estimate of drug-likeness (QED) is 0.281. The first-order valence-electron chi connectivity index (χ1n) is 4.51. The maximum atomic E-state index is 10.2. The van der Waals surface area contributed by atoms with Gasteiger partial charge in [0.15, 0.2) is 0 Å². The molecule has 0 aromatic rings. The van der Waals surface area contributed by atoms with Gasteiger partial charge in [0, 0.05) is 6.04 Å². The minimum absolute atomic E-state index is 0.334. The van der Waals surface area contributed by atoms with E-state index in [0.717, 1.165) is 12.8 Å². The fraction of sp³-hybridized carbons (Fsp3) is 0.625. The zero-order valence-electron chi connectivity index (χ0n) is 8.39. The van der Waals surface area contributed by atoms with Crippen LogP contribution in [0.15, 0.2) is 14.0 Å². The first-order valence-corrected chi connectivity index (χ1v) is 6.56. The second-order valence-corrected chi connectivity index (χ2v) is 5.56. The first-order chi connectivity index (χ1) is 7.24. The molecule has 15 heavy (non-hydrogen) atoms. The third-order valence-electron chi connectivity index (χ3n) is 1.79. The van der Waals surface area contributed by atoms with Crippen molar-refractivity contribution in [2.24, 2.45) is 14.0 Å². The van der Waals surface area contributed by atoms with Crippen LogP contribution in [0, 0.1) is 0 Å². The Morgan fingerprint density at radius 3 is 1.73 bits per heavy atom. The Kier molecular flexibility index (Phi) is 6.89. The van der Waals surface area contributed by atoms with E-state index in [1.807, 2.05) is 6.92 Å². The van der Waals surface area contributed by atoms with E-state index in [2.05, 4.69) is 14.0 Å². The molecule has 0 aromatic heterocycles. The lowest BCUT2D eigenvalue weighted by molar-refractivity contribution is 0.564. The molecule has 0 heterocycles. The van der Waals surface area contributed by atoms with E-state index in [4.69, 9.17) is 0 Å². The molecular formula is C8H11N3O3Si. The maximum absolute atomic E-state index is 10.2. The molecule has 6 nitrogen and oxygen atoms in total. The monoisotopic (exact) mass is 225 g/mol. The molecule has 0 bridgehead atoms. The van der Waals surface area contributed by atoms with Crippen LogP contribution >= 0.6 is 0 Å². The number of hydrogen-bond donors (Lipinski definition) is 0. The van der Waals surface area contributed by atoms with Gasteiger partial charge in [0.1, 0.15) is 0 Å². The molecule has 0 aliphatic carbocycles. The van der Waals surface area contributed by atoms with Crippen LogP contribution < -0.4 is 0 Å². The molecule has 0 atom stereocenters. The Labute approximate surface area is 88.1 Å². The minimum Gasteiger partial charge on any atom is -0.212 e. The van der Waals surface area contributed by atoms with E-state index in [1.165, 1.54) is 18.2 Å². The average molecular weight is 225 g/mol. The van der Waals surface area contributed by atoms with Crippen molar-refractivity contribution in [3.63, 3.8) is 0 Å². The van der Waals surface area contributed by atoms with E-state index in [9.17, 15) is 14.4 Å². The van der Waals surface area contributed by atoms with Gasteiger partial charge in [-0.3, -0.25) is 0 Å². The van der Waals surface area contributed by atoms with Crippen molar-refractivity contribution in [3.8, 4) is 0 Å². The molecule has 0 aliphatic heterocycles. The second kappa shape index (κ2) is 7.73. The lowest BCUT2D eigenvalue weighted by Crippen LogP contribution is -2.27. The average Bonchev–Trinajstić information content (AvgIpc) is 2.19. The molecular weight excluding hydrogens is 214 g/mol. The van der Waals surface area contributed by atoms with Gasteiger partial charge in [-0.1, -0.05) is 26.2 Å². The molecule has 0 fully saturated rings. The highest BCUT2D eigenvalue weighted by molar-refractivity contribution is 6.76. The normalized spacial score (nSPS) is 12.6. The molecule has 80 valence electrons. The van der Waals surface area contributed by atoms with E-state index in [0.29, 0.717) is 12.5 Å². The summed E-state index contributed by atoms with van der Waals surface area (Å²) in [4.78, 5) is 30.5. The summed E-state index contributed by atoms with van der Waals surface area (Å²) in [6.07, 6.45) is 6.45. The number of nitrogens with zero attached hydrogens (tertiary/aromatic N) is 3. The molecule has 0 unspecified atom stereocenters. The molecule has 0 saturated carbocycles. The fourth-order valence-corrected chi connectivity index (χ4v) is 2.72. The fourth-order valence-electron chi connectivity index (χ4n) is 1.07. The molecule has 0 rings (SSSR count). The van der Waals surface area contributed by atoms with Crippen molar-refractivity contribution in [3.05, 3.63) is 0 Å². The molecule has 0 saturated heterocycles. The van der Waals surface area contributed by atoms with Crippen molar-refractivity contribution in [1.82, 2.24) is 0 Å². The number of isocyanates is 3. The van der Waals surface area contributed by atoms with Crippen LogP contribution in [0.5, 0.6) is 0 Å². The zero-order valence-corrected chi connectivity index (χ0v) is 9.39. The molecule has 0 radical (unpaired) electrons. The predicted octanol–water partition coefficient (Wildman–Crippen LogP) is 1.12. The second-order valence-electron chi connectivity index (χ2n) is 2.84. The predicted molar refractivity (Wildman–Crippen MR) is 54.5 cm³/mol. The van der Waals surface area contributed by atoms with Gasteiger partial charge in [-0.2, -0.15) is 14.0 Å². The third-order valence-corrected chi connectivity index (χ3v) is 4.16. The minimum atomic E-state index is -3.23. The number of unbranched alkanes of at least 4 members (excludes halogenated alkanes) is 2. The molecule has 0 N–H and O–H groups in total. The maximum Gasteiger partial charge on any atom is 0.467 e. The zero-order chi connectivity index (χ0) is 11.6. The number of rotatable bonds is 7. The van der Waals surface area contributed by atoms with Gasteiger partial charge in [0.2, 0.25) is 18.2 Å². The summed E-state index contributed by atoms with van der Waals surface area (Å²) in [5, 5.41) is 0. The van der Waals surface area contributed by atoms with Crippen molar-refractivity contribution in [2.75, 3.05) is 0 Å². The van der Waals surface area contributed by atoms with Gasteiger partial charge in [-0.15, -0.1) is 0 Å². The van der Waals surface area contributed by atoms with Crippen LogP contribution in [-0.4, -0.2) is 26.8 Å². The van der Waals surface area contributed by atoms with Crippen molar-refractivity contribution >= 4 is 26.8 Å². The highest BCUT2D eigenvalue weighted by Crippen LogP contribution is 2.18. The Morgan fingerprint density at radius 1 is 0.933 bits per heavy atom. The number of hydrogen-bond acceptors (Lipinski definition) is 6. The summed E-state index contributed by atoms with van der Waals surface area (Å²) < 4.78 is 10.1. The first kappa shape index (κ1) is 13.4. The molecule has 0 spiro atoms. The van der Waals surface area contributed by atoms with Crippen molar-refractivity contribution < 1.29 is 14.4 Å². The Balaban J connectivity index is 4.85. The van der Waals surface area contributed by atoms with E-state index in [-0.39, 0.29) is 0 Å². The molecule has 0 amide bonds. The third kappa shape index (κ3) is 4.95. The summed E-state index contributed by atoms with van der Waals surface area (Å²) in [6, 6.07) is 0.334. The lowest BCUT2D eigenvalue weighted by Gasteiger charge is -2.09. The van der Waals surface area contributed by atoms with E-state index >= 15 is 0 Å². The number of carbonyl (C=O) groups excluding carboxylic acids is 3. The highest BCUT2D eigenvalue weighted by atomic mass is 28.4. The van der Waals surface area contributed by atoms with Crippen molar-refractivity contribution in [1.29, 1.82) is 0 Å². The van der Waals surface area contributed by atoms with Gasteiger partial charge < -0.3 is 0 Å². The van der Waals surface area contributed by atoms with Crippen LogP contribution in [-0.2, 0) is 14.4 Å². The molecule has 0 aliphatic rings. The van der Waals surface area contributed by atoms with Gasteiger partial charge in [-0.25, -0.2) is 14.4 Å². The smallest absolute Gasteiger partial charge is 0.212 e. The van der Waals surface area contributed by atoms with Crippen LogP contribution in [0.2, 0.25) is 6.04 Å². The topological polar surface area (TPSA) is 88.3 Å². The van der Waals surface area contributed by atoms with Crippen LogP contribution in [0.25, 0.3) is 0 Å². The van der Waals surface area contributed by atoms with Crippen LogP contribution in [0.1, 0.15) is 26.2 Å². The Hall–Kier alpha value is -1.64. The standard InChI is InChI=1S/C8H11N3O3Si/c1-2-3-4-5-15(9-6-12,10-7-13)11-8-14/h2-5H2,1H3. The summed E-state index contributed by atoms with van der Waals surface area (Å²) >= 11 is 0. The summed E-state index contributed by atoms with van der Waals surface area (Å²) in [6.45, 7) is 2.00. The highest BCUT2D eigenvalue weighted by Gasteiger charge is 2.35. The summed E-state index contributed by atoms with van der Waals surface area (Å²) in [5.74, 6) is 0. The summed E-state index contributed by atoms with van der Waals surface area (Å²) in [7, 11) is -3.23. The van der Waals surface area contributed by atoms with Crippen LogP contribution in [0.3, 0.4) is 0 Å². The molecule has 7 heteroatoms. The molecule has 0 aromatic carbocycles. The van der Waals surface area contributed by atoms with Gasteiger partial charge in [0.25, 0.3) is 0 Å². The van der Waals surface area contributed by atoms with E-state index < -0.39 is 8.56 Å². The van der Waals surface area contributed by atoms with Gasteiger partial charge in [-0.05, 0) is 0 Å². The van der Waals surface area contributed by atoms with E-state index in [1.54, 1.807) is 0 Å².